The second-order valence-electron chi connectivity index (χ2n) is 3.57. The highest BCUT2D eigenvalue weighted by Crippen LogP contribution is 2.33. The van der Waals surface area contributed by atoms with Gasteiger partial charge in [0.05, 0.1) is 0 Å². The number of aromatic nitrogens is 1. The summed E-state index contributed by atoms with van der Waals surface area (Å²) in [7, 11) is 0. The first-order chi connectivity index (χ1) is 6.49. The second-order valence-corrected chi connectivity index (χ2v) is 4.48. The van der Waals surface area contributed by atoms with E-state index in [4.69, 9.17) is 4.74 Å². The number of hydrogen-bond acceptors (Lipinski definition) is 3. The van der Waals surface area contributed by atoms with Crippen LogP contribution < -0.4 is 10.1 Å². The van der Waals surface area contributed by atoms with Gasteiger partial charge in [-0.25, -0.2) is 4.98 Å². The molecule has 0 bridgehead atoms. The Kier molecular flexibility index (Phi) is 1.99. The molecule has 1 aromatic rings. The van der Waals surface area contributed by atoms with E-state index >= 15 is 0 Å². The van der Waals surface area contributed by atoms with Crippen molar-refractivity contribution in [3.05, 3.63) is 16.7 Å². The van der Waals surface area contributed by atoms with E-state index in [2.05, 4.69) is 26.2 Å². The van der Waals surface area contributed by atoms with E-state index in [9.17, 15) is 4.79 Å². The fraction of sp³-hybridized carbons (Fsp3) is 0.333. The number of anilines is 1. The molecule has 1 amide bonds. The van der Waals surface area contributed by atoms with Gasteiger partial charge in [-0.15, -0.1) is 0 Å². The summed E-state index contributed by atoms with van der Waals surface area (Å²) in [5, 5.41) is 2.68. The summed E-state index contributed by atoms with van der Waals surface area (Å²) in [5.74, 6) is 0.876. The first-order valence-corrected chi connectivity index (χ1v) is 4.94. The highest BCUT2D eigenvalue weighted by atomic mass is 79.9. The molecule has 14 heavy (non-hydrogen) atoms. The van der Waals surface area contributed by atoms with Crippen LogP contribution in [0.3, 0.4) is 0 Å². The fourth-order valence-electron chi connectivity index (χ4n) is 1.17. The summed E-state index contributed by atoms with van der Waals surface area (Å²) >= 11 is 3.29. The van der Waals surface area contributed by atoms with Crippen molar-refractivity contribution in [3.63, 3.8) is 0 Å². The van der Waals surface area contributed by atoms with Crippen LogP contribution in [0.1, 0.15) is 13.8 Å². The second kappa shape index (κ2) is 2.95. The number of nitrogens with one attached hydrogen (secondary N) is 1. The quantitative estimate of drug-likeness (QED) is 0.772. The third-order valence-corrected chi connectivity index (χ3v) is 2.40. The maximum atomic E-state index is 11.5. The van der Waals surface area contributed by atoms with Crippen LogP contribution >= 0.6 is 15.9 Å². The van der Waals surface area contributed by atoms with E-state index in [0.29, 0.717) is 11.6 Å². The van der Waals surface area contributed by atoms with E-state index in [0.717, 1.165) is 4.47 Å². The predicted octanol–water partition coefficient (Wildman–Crippen LogP) is 1.95. The Morgan fingerprint density at radius 1 is 1.57 bits per heavy atom. The molecule has 1 N–H and O–H groups in total. The van der Waals surface area contributed by atoms with Gasteiger partial charge < -0.3 is 10.1 Å². The number of nitrogens with zero attached hydrogens (tertiary/aromatic N) is 1. The summed E-state index contributed by atoms with van der Waals surface area (Å²) in [6.07, 6.45) is 1.61. The Labute approximate surface area is 89.8 Å². The molecule has 1 aliphatic heterocycles. The number of hydrogen-bond donors (Lipinski definition) is 1. The molecular weight excluding hydrogens is 248 g/mol. The molecular formula is C9H9BrN2O2. The SMILES string of the molecule is CC1(C)Oc2cc(Br)cnc2NC1=O. The number of fused-ring (bicyclic) bond motifs is 1. The van der Waals surface area contributed by atoms with Crippen molar-refractivity contribution >= 4 is 27.7 Å². The van der Waals surface area contributed by atoms with Gasteiger partial charge in [0.1, 0.15) is 0 Å². The Morgan fingerprint density at radius 2 is 2.29 bits per heavy atom. The summed E-state index contributed by atoms with van der Waals surface area (Å²) in [6.45, 7) is 3.43. The topological polar surface area (TPSA) is 51.2 Å². The number of rotatable bonds is 0. The number of ether oxygens (including phenoxy) is 1. The van der Waals surface area contributed by atoms with Gasteiger partial charge in [0.25, 0.3) is 5.91 Å². The van der Waals surface area contributed by atoms with Crippen LogP contribution in [0.15, 0.2) is 16.7 Å². The maximum absolute atomic E-state index is 11.5. The highest BCUT2D eigenvalue weighted by Gasteiger charge is 2.35. The molecule has 1 aliphatic rings. The number of carbonyl (C=O) groups is 1. The molecule has 0 radical (unpaired) electrons. The van der Waals surface area contributed by atoms with E-state index in [1.54, 1.807) is 26.1 Å². The molecule has 0 fully saturated rings. The number of carbonyl (C=O) groups excluding carboxylic acids is 1. The molecule has 74 valence electrons. The minimum Gasteiger partial charge on any atom is -0.474 e. The van der Waals surface area contributed by atoms with Crippen molar-refractivity contribution in [3.8, 4) is 5.75 Å². The standard InChI is InChI=1S/C9H9BrN2O2/c1-9(2)8(13)12-7-6(14-9)3-5(10)4-11-7/h3-4H,1-2H3,(H,11,12,13). The Hall–Kier alpha value is -1.10. The molecule has 0 atom stereocenters. The van der Waals surface area contributed by atoms with Gasteiger partial charge >= 0.3 is 0 Å². The van der Waals surface area contributed by atoms with Gasteiger partial charge in [-0.3, -0.25) is 4.79 Å². The van der Waals surface area contributed by atoms with Crippen LogP contribution in [0.5, 0.6) is 5.75 Å². The average Bonchev–Trinajstić information content (AvgIpc) is 2.07. The maximum Gasteiger partial charge on any atom is 0.269 e. The van der Waals surface area contributed by atoms with Crippen LogP contribution in [0.2, 0.25) is 0 Å². The summed E-state index contributed by atoms with van der Waals surface area (Å²) in [4.78, 5) is 15.5. The van der Waals surface area contributed by atoms with Gasteiger partial charge in [0.2, 0.25) is 0 Å². The van der Waals surface area contributed by atoms with E-state index in [1.807, 2.05) is 0 Å². The molecule has 0 aliphatic carbocycles. The van der Waals surface area contributed by atoms with Gasteiger partial charge in [-0.05, 0) is 35.8 Å². The van der Waals surface area contributed by atoms with Crippen LogP contribution in [-0.2, 0) is 4.79 Å². The minimum atomic E-state index is -0.838. The Morgan fingerprint density at radius 3 is 3.00 bits per heavy atom. The summed E-state index contributed by atoms with van der Waals surface area (Å²) in [5.41, 5.74) is -0.838. The van der Waals surface area contributed by atoms with Crippen LogP contribution in [0, 0.1) is 0 Å². The number of pyridine rings is 1. The van der Waals surface area contributed by atoms with Crippen molar-refractivity contribution in [1.82, 2.24) is 4.98 Å². The lowest BCUT2D eigenvalue weighted by Crippen LogP contribution is -2.45. The number of halogens is 1. The van der Waals surface area contributed by atoms with Gasteiger partial charge in [0, 0.05) is 10.7 Å². The lowest BCUT2D eigenvalue weighted by atomic mass is 10.1. The number of amides is 1. The first-order valence-electron chi connectivity index (χ1n) is 4.15. The molecule has 4 nitrogen and oxygen atoms in total. The first kappa shape index (κ1) is 9.45. The highest BCUT2D eigenvalue weighted by molar-refractivity contribution is 9.10. The fourth-order valence-corrected chi connectivity index (χ4v) is 1.48. The lowest BCUT2D eigenvalue weighted by molar-refractivity contribution is -0.129. The average molecular weight is 257 g/mol. The Balaban J connectivity index is 2.46. The molecule has 2 rings (SSSR count). The molecule has 0 saturated heterocycles. The van der Waals surface area contributed by atoms with E-state index in [-0.39, 0.29) is 5.91 Å². The molecule has 2 heterocycles. The molecule has 1 aromatic heterocycles. The molecule has 0 spiro atoms. The molecule has 0 unspecified atom stereocenters. The van der Waals surface area contributed by atoms with Crippen molar-refractivity contribution in [2.24, 2.45) is 0 Å². The normalized spacial score (nSPS) is 18.1. The third-order valence-electron chi connectivity index (χ3n) is 1.96. The minimum absolute atomic E-state index is 0.181. The van der Waals surface area contributed by atoms with Crippen LogP contribution in [-0.4, -0.2) is 16.5 Å². The van der Waals surface area contributed by atoms with Crippen molar-refractivity contribution in [2.75, 3.05) is 5.32 Å². The van der Waals surface area contributed by atoms with Gasteiger partial charge in [0.15, 0.2) is 17.2 Å². The largest absolute Gasteiger partial charge is 0.474 e. The summed E-state index contributed by atoms with van der Waals surface area (Å²) in [6, 6.07) is 1.78. The van der Waals surface area contributed by atoms with Crippen LogP contribution in [0.4, 0.5) is 5.82 Å². The monoisotopic (exact) mass is 256 g/mol. The zero-order valence-electron chi connectivity index (χ0n) is 7.80. The lowest BCUT2D eigenvalue weighted by Gasteiger charge is -2.30. The van der Waals surface area contributed by atoms with E-state index in [1.165, 1.54) is 0 Å². The Bertz CT molecular complexity index is 404. The molecule has 0 aromatic carbocycles. The third kappa shape index (κ3) is 1.48. The molecule has 5 heteroatoms. The van der Waals surface area contributed by atoms with Crippen molar-refractivity contribution in [1.29, 1.82) is 0 Å². The summed E-state index contributed by atoms with van der Waals surface area (Å²) < 4.78 is 6.33. The van der Waals surface area contributed by atoms with Gasteiger partial charge in [-0.1, -0.05) is 0 Å². The van der Waals surface area contributed by atoms with Crippen molar-refractivity contribution in [2.45, 2.75) is 19.4 Å². The predicted molar refractivity (Wildman–Crippen MR) is 55.3 cm³/mol. The van der Waals surface area contributed by atoms with E-state index < -0.39 is 5.60 Å². The van der Waals surface area contributed by atoms with Crippen LogP contribution in [0.25, 0.3) is 0 Å². The zero-order chi connectivity index (χ0) is 10.3. The zero-order valence-corrected chi connectivity index (χ0v) is 9.38. The van der Waals surface area contributed by atoms with Crippen molar-refractivity contribution < 1.29 is 9.53 Å². The smallest absolute Gasteiger partial charge is 0.269 e. The molecule has 0 saturated carbocycles. The van der Waals surface area contributed by atoms with Gasteiger partial charge in [-0.2, -0.15) is 0 Å².